The molecule has 0 unspecified atom stereocenters. The summed E-state index contributed by atoms with van der Waals surface area (Å²) in [5.41, 5.74) is 1.27. The van der Waals surface area contributed by atoms with Crippen molar-refractivity contribution >= 4 is 17.8 Å². The van der Waals surface area contributed by atoms with Crippen LogP contribution in [0.5, 0.6) is 0 Å². The van der Waals surface area contributed by atoms with Crippen molar-refractivity contribution in [3.63, 3.8) is 0 Å². The molecule has 0 fully saturated rings. The van der Waals surface area contributed by atoms with Crippen molar-refractivity contribution in [3.8, 4) is 0 Å². The molecule has 0 atom stereocenters. The fourth-order valence-corrected chi connectivity index (χ4v) is 1.05. The molecule has 0 radical (unpaired) electrons. The van der Waals surface area contributed by atoms with Crippen molar-refractivity contribution in [3.05, 3.63) is 0 Å². The Labute approximate surface area is 47.7 Å². The third-order valence-corrected chi connectivity index (χ3v) is 1.55. The topological polar surface area (TPSA) is 24.4 Å². The summed E-state index contributed by atoms with van der Waals surface area (Å²) >= 11 is 1.44. The zero-order chi connectivity index (χ0) is 5.11. The summed E-state index contributed by atoms with van der Waals surface area (Å²) in [5.74, 6) is 0. The van der Waals surface area contributed by atoms with Crippen molar-refractivity contribution in [2.45, 2.75) is 13.3 Å². The molecule has 3 heteroatoms. The van der Waals surface area contributed by atoms with Crippen LogP contribution >= 0.6 is 12.1 Å². The summed E-state index contributed by atoms with van der Waals surface area (Å²) < 4.78 is 7.11. The molecule has 7 heavy (non-hydrogen) atoms. The van der Waals surface area contributed by atoms with Gasteiger partial charge in [-0.1, -0.05) is 6.92 Å². The SMILES string of the molecule is CCC1=NSNC1. The number of rotatable bonds is 1. The van der Waals surface area contributed by atoms with E-state index in [0.29, 0.717) is 0 Å². The fourth-order valence-electron chi connectivity index (χ4n) is 0.434. The van der Waals surface area contributed by atoms with Gasteiger partial charge < -0.3 is 0 Å². The first-order valence-corrected chi connectivity index (χ1v) is 3.15. The summed E-state index contributed by atoms with van der Waals surface area (Å²) in [5, 5.41) is 0. The van der Waals surface area contributed by atoms with Gasteiger partial charge in [0.1, 0.15) is 0 Å². The highest BCUT2D eigenvalue weighted by Crippen LogP contribution is 2.04. The number of hydrogen-bond donors (Lipinski definition) is 1. The Balaban J connectivity index is 2.36. The van der Waals surface area contributed by atoms with Crippen LogP contribution in [0.15, 0.2) is 4.40 Å². The van der Waals surface area contributed by atoms with Crippen molar-refractivity contribution in [1.82, 2.24) is 4.72 Å². The molecule has 40 valence electrons. The molecule has 1 aliphatic rings. The number of hydrogen-bond acceptors (Lipinski definition) is 3. The molecular formula is C4H8N2S. The third-order valence-electron chi connectivity index (χ3n) is 0.924. The van der Waals surface area contributed by atoms with Crippen molar-refractivity contribution in [2.24, 2.45) is 4.40 Å². The smallest absolute Gasteiger partial charge is 0.0589 e. The number of nitrogens with one attached hydrogen (secondary N) is 1. The molecule has 0 amide bonds. The minimum Gasteiger partial charge on any atom is -0.239 e. The van der Waals surface area contributed by atoms with Crippen LogP contribution in [-0.2, 0) is 0 Å². The van der Waals surface area contributed by atoms with Crippen LogP contribution in [-0.4, -0.2) is 12.3 Å². The van der Waals surface area contributed by atoms with Crippen LogP contribution in [0.2, 0.25) is 0 Å². The lowest BCUT2D eigenvalue weighted by Crippen LogP contribution is -2.07. The average molecular weight is 116 g/mol. The molecule has 0 saturated carbocycles. The molecule has 0 bridgehead atoms. The van der Waals surface area contributed by atoms with Gasteiger partial charge in [0, 0.05) is 12.3 Å². The monoisotopic (exact) mass is 116 g/mol. The summed E-state index contributed by atoms with van der Waals surface area (Å²) in [6.45, 7) is 3.09. The molecule has 1 aliphatic heterocycles. The second kappa shape index (κ2) is 2.33. The molecule has 1 N–H and O–H groups in total. The van der Waals surface area contributed by atoms with E-state index in [0.717, 1.165) is 13.0 Å². The molecule has 2 nitrogen and oxygen atoms in total. The molecule has 0 aromatic rings. The Kier molecular flexibility index (Phi) is 1.70. The van der Waals surface area contributed by atoms with E-state index < -0.39 is 0 Å². The van der Waals surface area contributed by atoms with Crippen molar-refractivity contribution in [2.75, 3.05) is 6.54 Å². The van der Waals surface area contributed by atoms with E-state index in [-0.39, 0.29) is 0 Å². The third kappa shape index (κ3) is 1.17. The highest BCUT2D eigenvalue weighted by molar-refractivity contribution is 7.96. The minimum absolute atomic E-state index is 0.973. The van der Waals surface area contributed by atoms with Crippen molar-refractivity contribution in [1.29, 1.82) is 0 Å². The minimum atomic E-state index is 0.973. The Morgan fingerprint density at radius 1 is 2.00 bits per heavy atom. The van der Waals surface area contributed by atoms with Crippen LogP contribution in [0, 0.1) is 0 Å². The van der Waals surface area contributed by atoms with Gasteiger partial charge in [-0.3, -0.25) is 0 Å². The molecular weight excluding hydrogens is 108 g/mol. The standard InChI is InChI=1S/C4H8N2S/c1-2-4-3-5-7-6-4/h5H,2-3H2,1H3. The first-order valence-electron chi connectivity index (χ1n) is 2.38. The van der Waals surface area contributed by atoms with Gasteiger partial charge in [-0.05, 0) is 6.42 Å². The Morgan fingerprint density at radius 2 is 2.86 bits per heavy atom. The fraction of sp³-hybridized carbons (Fsp3) is 0.750. The molecule has 1 rings (SSSR count). The lowest BCUT2D eigenvalue weighted by Gasteiger charge is -1.85. The number of nitrogens with zero attached hydrogens (tertiary/aromatic N) is 1. The predicted molar refractivity (Wildman–Crippen MR) is 33.3 cm³/mol. The maximum absolute atomic E-state index is 4.08. The van der Waals surface area contributed by atoms with Crippen LogP contribution in [0.1, 0.15) is 13.3 Å². The van der Waals surface area contributed by atoms with E-state index in [1.165, 1.54) is 17.8 Å². The Hall–Kier alpha value is -0.0200. The largest absolute Gasteiger partial charge is 0.239 e. The van der Waals surface area contributed by atoms with E-state index in [1.807, 2.05) is 0 Å². The lowest BCUT2D eigenvalue weighted by atomic mass is 10.3. The lowest BCUT2D eigenvalue weighted by molar-refractivity contribution is 1.14. The van der Waals surface area contributed by atoms with E-state index in [9.17, 15) is 0 Å². The molecule has 1 heterocycles. The van der Waals surface area contributed by atoms with E-state index in [2.05, 4.69) is 16.0 Å². The van der Waals surface area contributed by atoms with Crippen LogP contribution in [0.25, 0.3) is 0 Å². The molecule has 0 aliphatic carbocycles. The van der Waals surface area contributed by atoms with E-state index >= 15 is 0 Å². The van der Waals surface area contributed by atoms with E-state index in [1.54, 1.807) is 0 Å². The maximum Gasteiger partial charge on any atom is 0.0589 e. The molecule has 0 aromatic carbocycles. The summed E-state index contributed by atoms with van der Waals surface area (Å²) in [7, 11) is 0. The van der Waals surface area contributed by atoms with Crippen LogP contribution in [0.3, 0.4) is 0 Å². The normalized spacial score (nSPS) is 19.9. The van der Waals surface area contributed by atoms with Gasteiger partial charge in [0.15, 0.2) is 0 Å². The highest BCUT2D eigenvalue weighted by atomic mass is 32.2. The van der Waals surface area contributed by atoms with Gasteiger partial charge in [-0.2, -0.15) is 0 Å². The van der Waals surface area contributed by atoms with Crippen LogP contribution in [0.4, 0.5) is 0 Å². The van der Waals surface area contributed by atoms with Gasteiger partial charge >= 0.3 is 0 Å². The highest BCUT2D eigenvalue weighted by Gasteiger charge is 2.00. The molecule has 0 aromatic heterocycles. The summed E-state index contributed by atoms with van der Waals surface area (Å²) in [4.78, 5) is 0. The predicted octanol–water partition coefficient (Wildman–Crippen LogP) is 1.00. The van der Waals surface area contributed by atoms with Gasteiger partial charge in [0.2, 0.25) is 0 Å². The van der Waals surface area contributed by atoms with Gasteiger partial charge in [0.05, 0.1) is 12.1 Å². The second-order valence-electron chi connectivity index (χ2n) is 1.42. The first-order chi connectivity index (χ1) is 3.43. The second-order valence-corrected chi connectivity index (χ2v) is 2.08. The molecule has 0 spiro atoms. The Bertz CT molecular complexity index is 89.7. The molecule has 0 saturated heterocycles. The summed E-state index contributed by atoms with van der Waals surface area (Å²) in [6.07, 6.45) is 1.08. The maximum atomic E-state index is 4.08. The quantitative estimate of drug-likeness (QED) is 0.517. The Morgan fingerprint density at radius 3 is 3.14 bits per heavy atom. The van der Waals surface area contributed by atoms with Crippen molar-refractivity contribution < 1.29 is 0 Å². The van der Waals surface area contributed by atoms with Gasteiger partial charge in [-0.15, -0.1) is 0 Å². The average Bonchev–Trinajstić information content (AvgIpc) is 2.14. The first kappa shape index (κ1) is 5.12. The summed E-state index contributed by atoms with van der Waals surface area (Å²) in [6, 6.07) is 0. The van der Waals surface area contributed by atoms with Gasteiger partial charge in [0.25, 0.3) is 0 Å². The van der Waals surface area contributed by atoms with Gasteiger partial charge in [-0.25, -0.2) is 9.12 Å². The zero-order valence-corrected chi connectivity index (χ0v) is 5.09. The van der Waals surface area contributed by atoms with Crippen LogP contribution < -0.4 is 4.72 Å². The zero-order valence-electron chi connectivity index (χ0n) is 4.27. The van der Waals surface area contributed by atoms with E-state index in [4.69, 9.17) is 0 Å².